The van der Waals surface area contributed by atoms with Crippen LogP contribution in [-0.2, 0) is 6.54 Å². The number of hydrogen-bond acceptors (Lipinski definition) is 4. The van der Waals surface area contributed by atoms with Gasteiger partial charge >= 0.3 is 0 Å². The Balaban J connectivity index is 1.41. The molecule has 1 aromatic heterocycles. The molecule has 1 aromatic carbocycles. The number of nitrogens with zero attached hydrogens (tertiary/aromatic N) is 2. The normalized spacial score (nSPS) is 20.0. The van der Waals surface area contributed by atoms with E-state index in [0.29, 0.717) is 6.04 Å². The van der Waals surface area contributed by atoms with Gasteiger partial charge in [0, 0.05) is 51.2 Å². The van der Waals surface area contributed by atoms with Crippen molar-refractivity contribution in [1.29, 1.82) is 0 Å². The van der Waals surface area contributed by atoms with Crippen molar-refractivity contribution in [2.45, 2.75) is 45.2 Å². The van der Waals surface area contributed by atoms with Gasteiger partial charge in [0.1, 0.15) is 5.82 Å². The number of aromatic nitrogens is 1. The molecule has 0 amide bonds. The topological polar surface area (TPSA) is 40.2 Å². The largest absolute Gasteiger partial charge is 0.377 e. The SMILES string of the molecule is Cc1cnc(NCC2CCC(NCc3ccccc3)CC2)cc1N(C)C. The highest BCUT2D eigenvalue weighted by atomic mass is 15.1. The van der Waals surface area contributed by atoms with Crippen molar-refractivity contribution in [3.63, 3.8) is 0 Å². The van der Waals surface area contributed by atoms with Crippen LogP contribution in [-0.4, -0.2) is 31.7 Å². The van der Waals surface area contributed by atoms with Crippen LogP contribution in [0.25, 0.3) is 0 Å². The van der Waals surface area contributed by atoms with E-state index in [-0.39, 0.29) is 0 Å². The van der Waals surface area contributed by atoms with Crippen LogP contribution in [0.3, 0.4) is 0 Å². The number of anilines is 2. The van der Waals surface area contributed by atoms with E-state index in [1.807, 2.05) is 6.20 Å². The number of pyridine rings is 1. The van der Waals surface area contributed by atoms with Crippen LogP contribution in [0.4, 0.5) is 11.5 Å². The average molecular weight is 353 g/mol. The Kier molecular flexibility index (Phi) is 6.51. The molecule has 0 atom stereocenters. The van der Waals surface area contributed by atoms with Crippen LogP contribution in [0.2, 0.25) is 0 Å². The van der Waals surface area contributed by atoms with Crippen LogP contribution in [0, 0.1) is 12.8 Å². The molecule has 2 aromatic rings. The van der Waals surface area contributed by atoms with Crippen molar-refractivity contribution in [3.8, 4) is 0 Å². The standard InChI is InChI=1S/C22H32N4/c1-17-14-24-22(13-21(17)26(2)3)25-16-19-9-11-20(12-10-19)23-15-18-7-5-4-6-8-18/h4-8,13-14,19-20,23H,9-12,15-16H2,1-3H3,(H,24,25). The van der Waals surface area contributed by atoms with Gasteiger partial charge in [-0.3, -0.25) is 0 Å². The van der Waals surface area contributed by atoms with Gasteiger partial charge < -0.3 is 15.5 Å². The number of rotatable bonds is 7. The Bertz CT molecular complexity index is 676. The summed E-state index contributed by atoms with van der Waals surface area (Å²) in [6.07, 6.45) is 7.06. The molecule has 1 heterocycles. The zero-order valence-electron chi connectivity index (χ0n) is 16.3. The van der Waals surface area contributed by atoms with Crippen molar-refractivity contribution >= 4 is 11.5 Å². The highest BCUT2D eigenvalue weighted by molar-refractivity contribution is 5.57. The molecule has 4 nitrogen and oxygen atoms in total. The summed E-state index contributed by atoms with van der Waals surface area (Å²) < 4.78 is 0. The maximum atomic E-state index is 4.53. The zero-order chi connectivity index (χ0) is 18.4. The number of hydrogen-bond donors (Lipinski definition) is 2. The molecule has 1 aliphatic rings. The lowest BCUT2D eigenvalue weighted by atomic mass is 9.86. The zero-order valence-corrected chi connectivity index (χ0v) is 16.3. The second kappa shape index (κ2) is 9.04. The van der Waals surface area contributed by atoms with Crippen LogP contribution < -0.4 is 15.5 Å². The van der Waals surface area contributed by atoms with Gasteiger partial charge in [-0.15, -0.1) is 0 Å². The number of nitrogens with one attached hydrogen (secondary N) is 2. The molecule has 1 fully saturated rings. The Morgan fingerprint density at radius 3 is 2.50 bits per heavy atom. The van der Waals surface area contributed by atoms with Crippen molar-refractivity contribution in [2.24, 2.45) is 5.92 Å². The molecule has 26 heavy (non-hydrogen) atoms. The summed E-state index contributed by atoms with van der Waals surface area (Å²) in [7, 11) is 4.16. The average Bonchev–Trinajstić information content (AvgIpc) is 2.67. The molecule has 0 bridgehead atoms. The van der Waals surface area contributed by atoms with Crippen molar-refractivity contribution in [1.82, 2.24) is 10.3 Å². The van der Waals surface area contributed by atoms with Crippen molar-refractivity contribution < 1.29 is 0 Å². The predicted octanol–water partition coefficient (Wildman–Crippen LogP) is 4.22. The Hall–Kier alpha value is -2.07. The number of benzene rings is 1. The second-order valence-electron chi connectivity index (χ2n) is 7.72. The molecule has 1 saturated carbocycles. The summed E-state index contributed by atoms with van der Waals surface area (Å²) in [6.45, 7) is 4.11. The van der Waals surface area contributed by atoms with Gasteiger partial charge in [-0.05, 0) is 49.7 Å². The molecule has 0 aliphatic heterocycles. The molecule has 2 N–H and O–H groups in total. The van der Waals surface area contributed by atoms with E-state index >= 15 is 0 Å². The van der Waals surface area contributed by atoms with Gasteiger partial charge in [0.2, 0.25) is 0 Å². The lowest BCUT2D eigenvalue weighted by Gasteiger charge is -2.29. The van der Waals surface area contributed by atoms with Gasteiger partial charge in [0.05, 0.1) is 0 Å². The van der Waals surface area contributed by atoms with Gasteiger partial charge in [-0.2, -0.15) is 0 Å². The van der Waals surface area contributed by atoms with Crippen molar-refractivity contribution in [2.75, 3.05) is 30.9 Å². The van der Waals surface area contributed by atoms with Crippen molar-refractivity contribution in [3.05, 3.63) is 53.7 Å². The van der Waals surface area contributed by atoms with Crippen LogP contribution in [0.1, 0.15) is 36.8 Å². The summed E-state index contributed by atoms with van der Waals surface area (Å²) in [5.74, 6) is 1.74. The van der Waals surface area contributed by atoms with Crippen LogP contribution in [0.5, 0.6) is 0 Å². The molecule has 4 heteroatoms. The summed E-state index contributed by atoms with van der Waals surface area (Å²) >= 11 is 0. The Morgan fingerprint density at radius 1 is 1.08 bits per heavy atom. The molecule has 0 spiro atoms. The molecule has 0 unspecified atom stereocenters. The summed E-state index contributed by atoms with van der Waals surface area (Å²) in [5, 5.41) is 7.27. The fraction of sp³-hybridized carbons (Fsp3) is 0.500. The molecular formula is C22H32N4. The fourth-order valence-electron chi connectivity index (χ4n) is 3.77. The first-order valence-electron chi connectivity index (χ1n) is 9.77. The second-order valence-corrected chi connectivity index (χ2v) is 7.72. The minimum Gasteiger partial charge on any atom is -0.377 e. The third-order valence-corrected chi connectivity index (χ3v) is 5.41. The fourth-order valence-corrected chi connectivity index (χ4v) is 3.77. The van der Waals surface area contributed by atoms with E-state index in [1.54, 1.807) is 0 Å². The highest BCUT2D eigenvalue weighted by Gasteiger charge is 2.20. The van der Waals surface area contributed by atoms with E-state index in [9.17, 15) is 0 Å². The lowest BCUT2D eigenvalue weighted by molar-refractivity contribution is 0.300. The summed E-state index contributed by atoms with van der Waals surface area (Å²) in [4.78, 5) is 6.68. The van der Waals surface area contributed by atoms with E-state index in [1.165, 1.54) is 42.5 Å². The minimum atomic E-state index is 0.657. The van der Waals surface area contributed by atoms with Crippen LogP contribution >= 0.6 is 0 Å². The van der Waals surface area contributed by atoms with Gasteiger partial charge in [-0.25, -0.2) is 4.98 Å². The molecule has 140 valence electrons. The molecule has 3 rings (SSSR count). The van der Waals surface area contributed by atoms with E-state index in [4.69, 9.17) is 0 Å². The summed E-state index contributed by atoms with van der Waals surface area (Å²) in [5.41, 5.74) is 3.82. The van der Waals surface area contributed by atoms with Gasteiger partial charge in [-0.1, -0.05) is 30.3 Å². The monoisotopic (exact) mass is 352 g/mol. The maximum Gasteiger partial charge on any atom is 0.127 e. The quantitative estimate of drug-likeness (QED) is 0.783. The first kappa shape index (κ1) is 18.7. The number of aryl methyl sites for hydroxylation is 1. The first-order chi connectivity index (χ1) is 12.6. The molecule has 0 saturated heterocycles. The Labute approximate surface area is 158 Å². The Morgan fingerprint density at radius 2 is 1.81 bits per heavy atom. The highest BCUT2D eigenvalue weighted by Crippen LogP contribution is 2.26. The summed E-state index contributed by atoms with van der Waals surface area (Å²) in [6, 6.07) is 13.5. The molecular weight excluding hydrogens is 320 g/mol. The smallest absolute Gasteiger partial charge is 0.127 e. The molecule has 1 aliphatic carbocycles. The van der Waals surface area contributed by atoms with Crippen LogP contribution in [0.15, 0.2) is 42.6 Å². The van der Waals surface area contributed by atoms with E-state index in [0.717, 1.165) is 24.8 Å². The van der Waals surface area contributed by atoms with Gasteiger partial charge in [0.15, 0.2) is 0 Å². The van der Waals surface area contributed by atoms with Gasteiger partial charge in [0.25, 0.3) is 0 Å². The maximum absolute atomic E-state index is 4.53. The third-order valence-electron chi connectivity index (χ3n) is 5.41. The first-order valence-corrected chi connectivity index (χ1v) is 9.77. The molecule has 0 radical (unpaired) electrons. The van der Waals surface area contributed by atoms with E-state index < -0.39 is 0 Å². The third kappa shape index (κ3) is 5.21. The lowest BCUT2D eigenvalue weighted by Crippen LogP contribution is -2.34. The predicted molar refractivity (Wildman–Crippen MR) is 111 cm³/mol. The minimum absolute atomic E-state index is 0.657. The van der Waals surface area contributed by atoms with E-state index in [2.05, 4.69) is 77.9 Å².